The molecule has 0 aliphatic rings. The van der Waals surface area contributed by atoms with Crippen LogP contribution in [-0.2, 0) is 6.61 Å². The van der Waals surface area contributed by atoms with Crippen LogP contribution in [0.1, 0.15) is 31.6 Å². The summed E-state index contributed by atoms with van der Waals surface area (Å²) in [6.07, 6.45) is 0. The van der Waals surface area contributed by atoms with Crippen LogP contribution in [0, 0.1) is 20.8 Å². The number of amides is 1. The van der Waals surface area contributed by atoms with Crippen LogP contribution in [0.2, 0.25) is 0 Å². The molecule has 24 heavy (non-hydrogen) atoms. The summed E-state index contributed by atoms with van der Waals surface area (Å²) in [6.45, 7) is 6.30. The van der Waals surface area contributed by atoms with E-state index in [2.05, 4.69) is 15.3 Å². The number of anilines is 1. The monoisotopic (exact) mass is 359 g/mol. The molecule has 5 nitrogen and oxygen atoms in total. The number of hydrogen-bond donors (Lipinski definition) is 1. The van der Waals surface area contributed by atoms with Gasteiger partial charge in [-0.3, -0.25) is 10.1 Å². The molecule has 0 unspecified atom stereocenters. The summed E-state index contributed by atoms with van der Waals surface area (Å²) in [5.74, 6) is 0.534. The summed E-state index contributed by atoms with van der Waals surface area (Å²) in [6, 6.07) is 7.05. The van der Waals surface area contributed by atoms with Crippen molar-refractivity contribution in [2.75, 3.05) is 5.32 Å². The maximum Gasteiger partial charge on any atom is 0.257 e. The second-order valence-electron chi connectivity index (χ2n) is 5.31. The zero-order valence-corrected chi connectivity index (χ0v) is 15.3. The molecule has 0 aliphatic heterocycles. The Morgan fingerprint density at radius 1 is 1.17 bits per heavy atom. The summed E-state index contributed by atoms with van der Waals surface area (Å²) in [5.41, 5.74) is 2.51. The first-order valence-electron chi connectivity index (χ1n) is 7.40. The Balaban J connectivity index is 1.60. The summed E-state index contributed by atoms with van der Waals surface area (Å²) in [7, 11) is 0. The highest BCUT2D eigenvalue weighted by molar-refractivity contribution is 7.15. The van der Waals surface area contributed by atoms with E-state index in [-0.39, 0.29) is 5.91 Å². The van der Waals surface area contributed by atoms with Gasteiger partial charge in [-0.15, -0.1) is 22.7 Å². The minimum absolute atomic E-state index is 0.175. The smallest absolute Gasteiger partial charge is 0.257 e. The number of thiazole rings is 2. The van der Waals surface area contributed by atoms with Crippen molar-refractivity contribution < 1.29 is 9.53 Å². The number of nitrogens with zero attached hydrogens (tertiary/aromatic N) is 2. The van der Waals surface area contributed by atoms with Crippen LogP contribution in [0.3, 0.4) is 0 Å². The van der Waals surface area contributed by atoms with Gasteiger partial charge >= 0.3 is 0 Å². The van der Waals surface area contributed by atoms with Crippen LogP contribution >= 0.6 is 22.7 Å². The number of hydrogen-bond acceptors (Lipinski definition) is 6. The molecule has 3 aromatic rings. The van der Waals surface area contributed by atoms with Gasteiger partial charge in [-0.2, -0.15) is 0 Å². The lowest BCUT2D eigenvalue weighted by Gasteiger charge is -2.06. The second-order valence-corrected chi connectivity index (χ2v) is 7.46. The maximum atomic E-state index is 12.2. The van der Waals surface area contributed by atoms with Crippen LogP contribution in [0.5, 0.6) is 5.75 Å². The fourth-order valence-corrected chi connectivity index (χ4v) is 3.50. The fourth-order valence-electron chi connectivity index (χ4n) is 2.01. The third-order valence-electron chi connectivity index (χ3n) is 3.39. The van der Waals surface area contributed by atoms with E-state index in [0.29, 0.717) is 23.1 Å². The molecular weight excluding hydrogens is 342 g/mol. The average molecular weight is 359 g/mol. The Morgan fingerprint density at radius 2 is 1.92 bits per heavy atom. The van der Waals surface area contributed by atoms with Crippen molar-refractivity contribution >= 4 is 33.7 Å². The maximum absolute atomic E-state index is 12.2. The average Bonchev–Trinajstić information content (AvgIpc) is 3.11. The highest BCUT2D eigenvalue weighted by atomic mass is 32.1. The summed E-state index contributed by atoms with van der Waals surface area (Å²) in [4.78, 5) is 22.0. The van der Waals surface area contributed by atoms with Crippen molar-refractivity contribution in [3.8, 4) is 5.75 Å². The van der Waals surface area contributed by atoms with Gasteiger partial charge in [0.2, 0.25) is 0 Å². The van der Waals surface area contributed by atoms with Crippen molar-refractivity contribution in [1.82, 2.24) is 9.97 Å². The lowest BCUT2D eigenvalue weighted by molar-refractivity contribution is 0.102. The molecule has 1 amide bonds. The largest absolute Gasteiger partial charge is 0.486 e. The van der Waals surface area contributed by atoms with Crippen LogP contribution in [-0.4, -0.2) is 15.9 Å². The minimum Gasteiger partial charge on any atom is -0.486 e. The van der Waals surface area contributed by atoms with Gasteiger partial charge in [-0.05, 0) is 45.0 Å². The first-order valence-corrected chi connectivity index (χ1v) is 9.10. The van der Waals surface area contributed by atoms with Gasteiger partial charge in [0, 0.05) is 21.5 Å². The third-order valence-corrected chi connectivity index (χ3v) is 5.32. The molecule has 3 rings (SSSR count). The second kappa shape index (κ2) is 7.11. The predicted molar refractivity (Wildman–Crippen MR) is 97.2 cm³/mol. The summed E-state index contributed by atoms with van der Waals surface area (Å²) < 4.78 is 5.68. The van der Waals surface area contributed by atoms with E-state index < -0.39 is 0 Å². The minimum atomic E-state index is -0.175. The molecule has 0 saturated carbocycles. The molecule has 0 atom stereocenters. The van der Waals surface area contributed by atoms with Crippen LogP contribution < -0.4 is 10.1 Å². The number of aromatic nitrogens is 2. The van der Waals surface area contributed by atoms with E-state index in [1.54, 1.807) is 35.6 Å². The molecule has 2 aromatic heterocycles. The number of rotatable bonds is 5. The normalized spacial score (nSPS) is 10.6. The topological polar surface area (TPSA) is 64.1 Å². The summed E-state index contributed by atoms with van der Waals surface area (Å²) >= 11 is 3.05. The lowest BCUT2D eigenvalue weighted by atomic mass is 10.2. The van der Waals surface area contributed by atoms with E-state index in [0.717, 1.165) is 21.3 Å². The number of ether oxygens (including phenoxy) is 1. The van der Waals surface area contributed by atoms with Gasteiger partial charge in [0.25, 0.3) is 5.91 Å². The lowest BCUT2D eigenvalue weighted by Crippen LogP contribution is -2.11. The zero-order valence-electron chi connectivity index (χ0n) is 13.6. The first kappa shape index (κ1) is 16.6. The van der Waals surface area contributed by atoms with Gasteiger partial charge in [-0.25, -0.2) is 9.97 Å². The Morgan fingerprint density at radius 3 is 2.50 bits per heavy atom. The quantitative estimate of drug-likeness (QED) is 0.735. The molecule has 0 spiro atoms. The van der Waals surface area contributed by atoms with E-state index in [4.69, 9.17) is 4.74 Å². The Hall–Kier alpha value is -2.25. The Labute approximate surface area is 148 Å². The van der Waals surface area contributed by atoms with E-state index in [9.17, 15) is 4.79 Å². The molecule has 7 heteroatoms. The molecule has 2 heterocycles. The third kappa shape index (κ3) is 3.98. The standard InChI is InChI=1S/C17H17N3O2S2/c1-10-9-23-15(18-10)8-22-14-6-4-13(5-7-14)16(21)20-17-19-11(2)12(3)24-17/h4-7,9H,8H2,1-3H3,(H,19,20,21). The highest BCUT2D eigenvalue weighted by Crippen LogP contribution is 2.22. The molecule has 0 radical (unpaired) electrons. The zero-order chi connectivity index (χ0) is 17.1. The highest BCUT2D eigenvalue weighted by Gasteiger charge is 2.10. The number of carbonyl (C=O) groups excluding carboxylic acids is 1. The van der Waals surface area contributed by atoms with Crippen LogP contribution in [0.4, 0.5) is 5.13 Å². The molecule has 1 aromatic carbocycles. The number of carbonyl (C=O) groups is 1. The molecule has 124 valence electrons. The molecule has 0 bridgehead atoms. The fraction of sp³-hybridized carbons (Fsp3) is 0.235. The Bertz CT molecular complexity index is 834. The van der Waals surface area contributed by atoms with Crippen molar-refractivity contribution in [2.45, 2.75) is 27.4 Å². The number of benzene rings is 1. The SMILES string of the molecule is Cc1csc(COc2ccc(C(=O)Nc3nc(C)c(C)s3)cc2)n1. The predicted octanol–water partition coefficient (Wildman–Crippen LogP) is 4.36. The van der Waals surface area contributed by atoms with Crippen molar-refractivity contribution in [1.29, 1.82) is 0 Å². The van der Waals surface area contributed by atoms with Crippen molar-refractivity contribution in [3.63, 3.8) is 0 Å². The van der Waals surface area contributed by atoms with Gasteiger partial charge in [0.1, 0.15) is 17.4 Å². The van der Waals surface area contributed by atoms with Crippen LogP contribution in [0.25, 0.3) is 0 Å². The Kier molecular flexibility index (Phi) is 4.92. The molecule has 0 aliphatic carbocycles. The van der Waals surface area contributed by atoms with Crippen molar-refractivity contribution in [2.24, 2.45) is 0 Å². The molecule has 0 saturated heterocycles. The van der Waals surface area contributed by atoms with E-state index >= 15 is 0 Å². The number of nitrogens with one attached hydrogen (secondary N) is 1. The van der Waals surface area contributed by atoms with Gasteiger partial charge in [0.15, 0.2) is 5.13 Å². The van der Waals surface area contributed by atoms with E-state index in [1.165, 1.54) is 11.3 Å². The summed E-state index contributed by atoms with van der Waals surface area (Å²) in [5, 5.41) is 6.37. The molecule has 1 N–H and O–H groups in total. The van der Waals surface area contributed by atoms with Crippen LogP contribution in [0.15, 0.2) is 29.6 Å². The molecule has 0 fully saturated rings. The first-order chi connectivity index (χ1) is 11.5. The van der Waals surface area contributed by atoms with Gasteiger partial charge < -0.3 is 4.74 Å². The molecular formula is C17H17N3O2S2. The van der Waals surface area contributed by atoms with Gasteiger partial charge in [-0.1, -0.05) is 0 Å². The van der Waals surface area contributed by atoms with Crippen molar-refractivity contribution in [3.05, 3.63) is 56.5 Å². The number of aryl methyl sites for hydroxylation is 3. The van der Waals surface area contributed by atoms with Gasteiger partial charge in [0.05, 0.1) is 5.69 Å². The van der Waals surface area contributed by atoms with E-state index in [1.807, 2.05) is 26.2 Å².